The molecule has 0 spiro atoms. The van der Waals surface area contributed by atoms with Crippen LogP contribution in [0.4, 0.5) is 0 Å². The molecular weight excluding hydrogens is 238 g/mol. The summed E-state index contributed by atoms with van der Waals surface area (Å²) in [6, 6.07) is 2.88. The monoisotopic (exact) mass is 267 g/mol. The zero-order valence-electron chi connectivity index (χ0n) is 13.2. The second-order valence-corrected chi connectivity index (χ2v) is 6.16. The van der Waals surface area contributed by atoms with Crippen molar-refractivity contribution >= 4 is 0 Å². The van der Waals surface area contributed by atoms with Crippen molar-refractivity contribution in [3.05, 3.63) is 18.0 Å². The summed E-state index contributed by atoms with van der Waals surface area (Å²) in [5.74, 6) is 0. The Labute approximate surface area is 117 Å². The molecule has 2 atom stereocenters. The second kappa shape index (κ2) is 7.06. The lowest BCUT2D eigenvalue weighted by Gasteiger charge is -2.24. The van der Waals surface area contributed by atoms with Crippen molar-refractivity contribution in [3.8, 4) is 0 Å². The van der Waals surface area contributed by atoms with E-state index >= 15 is 0 Å². The van der Waals surface area contributed by atoms with E-state index in [1.54, 1.807) is 0 Å². The summed E-state index contributed by atoms with van der Waals surface area (Å²) in [5.41, 5.74) is 1.03. The maximum Gasteiger partial charge on any atom is 0.0641 e. The first-order valence-corrected chi connectivity index (χ1v) is 7.21. The van der Waals surface area contributed by atoms with Crippen LogP contribution in [0.2, 0.25) is 0 Å². The van der Waals surface area contributed by atoms with Gasteiger partial charge in [-0.25, -0.2) is 0 Å². The van der Waals surface area contributed by atoms with Gasteiger partial charge in [-0.2, -0.15) is 5.10 Å². The Balaban J connectivity index is 2.53. The highest BCUT2D eigenvalue weighted by Crippen LogP contribution is 2.12. The van der Waals surface area contributed by atoms with Crippen LogP contribution in [-0.2, 0) is 11.2 Å². The smallest absolute Gasteiger partial charge is 0.0641 e. The molecule has 0 aromatic carbocycles. The molecule has 0 fully saturated rings. The molecule has 1 heterocycles. The van der Waals surface area contributed by atoms with Crippen LogP contribution >= 0.6 is 0 Å². The highest BCUT2D eigenvalue weighted by Gasteiger charge is 2.16. The molecule has 1 aromatic heterocycles. The molecule has 0 radical (unpaired) electrons. The quantitative estimate of drug-likeness (QED) is 0.825. The normalized spacial score (nSPS) is 15.5. The summed E-state index contributed by atoms with van der Waals surface area (Å²) in [6.07, 6.45) is 4.07. The molecule has 1 rings (SSSR count). The van der Waals surface area contributed by atoms with Crippen LogP contribution in [0.3, 0.4) is 0 Å². The van der Waals surface area contributed by atoms with E-state index in [9.17, 15) is 0 Å². The van der Waals surface area contributed by atoms with Crippen molar-refractivity contribution < 1.29 is 4.74 Å². The van der Waals surface area contributed by atoms with Crippen molar-refractivity contribution in [3.63, 3.8) is 0 Å². The van der Waals surface area contributed by atoms with E-state index in [0.29, 0.717) is 18.7 Å². The van der Waals surface area contributed by atoms with Gasteiger partial charge in [0, 0.05) is 24.7 Å². The number of hydrogen-bond donors (Lipinski definition) is 1. The van der Waals surface area contributed by atoms with Gasteiger partial charge in [0.15, 0.2) is 0 Å². The molecule has 0 amide bonds. The maximum atomic E-state index is 5.83. The fourth-order valence-electron chi connectivity index (χ4n) is 1.77. The van der Waals surface area contributed by atoms with Crippen LogP contribution in [-0.4, -0.2) is 35.1 Å². The van der Waals surface area contributed by atoms with Crippen molar-refractivity contribution in [2.45, 2.75) is 65.1 Å². The molecule has 0 saturated carbocycles. The molecule has 0 aliphatic heterocycles. The number of hydrogen-bond acceptors (Lipinski definition) is 3. The van der Waals surface area contributed by atoms with Gasteiger partial charge in [-0.15, -0.1) is 0 Å². The van der Waals surface area contributed by atoms with Gasteiger partial charge < -0.3 is 10.1 Å². The van der Waals surface area contributed by atoms with Crippen molar-refractivity contribution in [2.24, 2.45) is 0 Å². The number of nitrogens with one attached hydrogen (secondary N) is 1. The summed E-state index contributed by atoms with van der Waals surface area (Å²) in [4.78, 5) is 0. The average Bonchev–Trinajstić information content (AvgIpc) is 2.80. The number of rotatable bonds is 7. The van der Waals surface area contributed by atoms with E-state index in [1.165, 1.54) is 0 Å². The van der Waals surface area contributed by atoms with E-state index < -0.39 is 0 Å². The Bertz CT molecular complexity index is 368. The number of nitrogens with zero attached hydrogens (tertiary/aromatic N) is 2. The standard InChI is InChI=1S/C15H29N3O/c1-7-12(2)18-9-8-13(17-18)10-14(16-6)11-19-15(3,4)5/h8-9,12,14,16H,7,10-11H2,1-6H3. The van der Waals surface area contributed by atoms with Crippen molar-refractivity contribution in [1.29, 1.82) is 0 Å². The van der Waals surface area contributed by atoms with Crippen LogP contribution in [0.25, 0.3) is 0 Å². The number of aromatic nitrogens is 2. The highest BCUT2D eigenvalue weighted by molar-refractivity contribution is 5.02. The lowest BCUT2D eigenvalue weighted by molar-refractivity contribution is -0.0136. The minimum Gasteiger partial charge on any atom is -0.374 e. The first kappa shape index (κ1) is 16.2. The molecule has 110 valence electrons. The molecule has 0 saturated heterocycles. The fraction of sp³-hybridized carbons (Fsp3) is 0.800. The predicted octanol–water partition coefficient (Wildman–Crippen LogP) is 2.80. The average molecular weight is 267 g/mol. The highest BCUT2D eigenvalue weighted by atomic mass is 16.5. The third kappa shape index (κ3) is 5.74. The summed E-state index contributed by atoms with van der Waals surface area (Å²) >= 11 is 0. The van der Waals surface area contributed by atoms with Gasteiger partial charge in [0.25, 0.3) is 0 Å². The van der Waals surface area contributed by atoms with Crippen molar-refractivity contribution in [1.82, 2.24) is 15.1 Å². The van der Waals surface area contributed by atoms with Gasteiger partial charge >= 0.3 is 0 Å². The van der Waals surface area contributed by atoms with Crippen LogP contribution in [0.5, 0.6) is 0 Å². The molecule has 1 aromatic rings. The second-order valence-electron chi connectivity index (χ2n) is 6.16. The van der Waals surface area contributed by atoms with E-state index in [1.807, 2.05) is 11.7 Å². The third-order valence-electron chi connectivity index (χ3n) is 3.29. The summed E-state index contributed by atoms with van der Waals surface area (Å²) in [7, 11) is 1.97. The molecule has 0 bridgehead atoms. The molecule has 2 unspecified atom stereocenters. The number of likely N-dealkylation sites (N-methyl/N-ethyl adjacent to an activating group) is 1. The Kier molecular flexibility index (Phi) is 6.01. The number of ether oxygens (including phenoxy) is 1. The van der Waals surface area contributed by atoms with Crippen molar-refractivity contribution in [2.75, 3.05) is 13.7 Å². The lowest BCUT2D eigenvalue weighted by atomic mass is 10.1. The van der Waals surface area contributed by atoms with E-state index in [4.69, 9.17) is 4.74 Å². The molecule has 0 aliphatic rings. The third-order valence-corrected chi connectivity index (χ3v) is 3.29. The van der Waals surface area contributed by atoms with Gasteiger partial charge in [-0.3, -0.25) is 4.68 Å². The Hall–Kier alpha value is -0.870. The van der Waals surface area contributed by atoms with Gasteiger partial charge in [-0.05, 0) is 47.2 Å². The molecule has 4 nitrogen and oxygen atoms in total. The first-order chi connectivity index (χ1) is 8.85. The minimum absolute atomic E-state index is 0.0921. The largest absolute Gasteiger partial charge is 0.374 e. The van der Waals surface area contributed by atoms with Gasteiger partial charge in [0.2, 0.25) is 0 Å². The van der Waals surface area contributed by atoms with E-state index in [-0.39, 0.29) is 5.60 Å². The molecule has 4 heteroatoms. The maximum absolute atomic E-state index is 5.83. The van der Waals surface area contributed by atoms with Crippen LogP contribution in [0.15, 0.2) is 12.3 Å². The van der Waals surface area contributed by atoms with Gasteiger partial charge in [-0.1, -0.05) is 6.92 Å². The summed E-state index contributed by atoms with van der Waals surface area (Å²) in [6.45, 7) is 11.3. The molecular formula is C15H29N3O. The summed E-state index contributed by atoms with van der Waals surface area (Å²) < 4.78 is 7.88. The zero-order valence-corrected chi connectivity index (χ0v) is 13.2. The molecule has 0 aliphatic carbocycles. The molecule has 1 N–H and O–H groups in total. The van der Waals surface area contributed by atoms with E-state index in [2.05, 4.69) is 57.3 Å². The van der Waals surface area contributed by atoms with Crippen LogP contribution < -0.4 is 5.32 Å². The Morgan fingerprint density at radius 2 is 2.11 bits per heavy atom. The van der Waals surface area contributed by atoms with Gasteiger partial charge in [0.1, 0.15) is 0 Å². The summed E-state index contributed by atoms with van der Waals surface area (Å²) in [5, 5.41) is 7.94. The van der Waals surface area contributed by atoms with E-state index in [0.717, 1.165) is 18.5 Å². The topological polar surface area (TPSA) is 39.1 Å². The fourth-order valence-corrected chi connectivity index (χ4v) is 1.77. The Morgan fingerprint density at radius 1 is 1.42 bits per heavy atom. The predicted molar refractivity (Wildman–Crippen MR) is 79.5 cm³/mol. The van der Waals surface area contributed by atoms with Crippen LogP contribution in [0.1, 0.15) is 52.8 Å². The SMILES string of the molecule is CCC(C)n1ccc(CC(COC(C)(C)C)NC)n1. The lowest BCUT2D eigenvalue weighted by Crippen LogP contribution is -2.36. The van der Waals surface area contributed by atoms with Crippen LogP contribution in [0, 0.1) is 0 Å². The van der Waals surface area contributed by atoms with Gasteiger partial charge in [0.05, 0.1) is 17.9 Å². The zero-order chi connectivity index (χ0) is 14.5. The Morgan fingerprint density at radius 3 is 2.63 bits per heavy atom. The first-order valence-electron chi connectivity index (χ1n) is 7.21. The molecule has 19 heavy (non-hydrogen) atoms. The minimum atomic E-state index is -0.0921.